The summed E-state index contributed by atoms with van der Waals surface area (Å²) in [4.78, 5) is 25.0. The van der Waals surface area contributed by atoms with E-state index in [9.17, 15) is 9.59 Å². The molecule has 2 aromatic rings. The number of ether oxygens (including phenoxy) is 1. The number of Topliss-reactive ketones (excluding diaryl/α,β-unsaturated/α-hetero) is 1. The molecule has 2 unspecified atom stereocenters. The zero-order chi connectivity index (χ0) is 16.9. The van der Waals surface area contributed by atoms with Crippen LogP contribution in [-0.4, -0.2) is 18.5 Å². The van der Waals surface area contributed by atoms with Gasteiger partial charge in [-0.2, -0.15) is 0 Å². The first-order valence-electron chi connectivity index (χ1n) is 8.31. The quantitative estimate of drug-likeness (QED) is 0.928. The predicted molar refractivity (Wildman–Crippen MR) is 91.9 cm³/mol. The Morgan fingerprint density at radius 3 is 2.62 bits per heavy atom. The smallest absolute Gasteiger partial charge is 0.407 e. The Morgan fingerprint density at radius 2 is 1.88 bits per heavy atom. The summed E-state index contributed by atoms with van der Waals surface area (Å²) in [5.74, 6) is -0.200. The van der Waals surface area contributed by atoms with Crippen LogP contribution in [0, 0.1) is 5.92 Å². The topological polar surface area (TPSA) is 55.4 Å². The van der Waals surface area contributed by atoms with E-state index in [-0.39, 0.29) is 17.7 Å². The van der Waals surface area contributed by atoms with Gasteiger partial charge in [0, 0.05) is 11.5 Å². The van der Waals surface area contributed by atoms with Gasteiger partial charge in [0.05, 0.1) is 12.6 Å². The molecule has 1 N–H and O–H groups in total. The summed E-state index contributed by atoms with van der Waals surface area (Å²) in [5.41, 5.74) is 2.77. The summed E-state index contributed by atoms with van der Waals surface area (Å²) in [6.45, 7) is 2.06. The number of aryl methyl sites for hydroxylation is 1. The fourth-order valence-corrected chi connectivity index (χ4v) is 3.31. The molecule has 4 nitrogen and oxygen atoms in total. The third-order valence-corrected chi connectivity index (χ3v) is 4.45. The van der Waals surface area contributed by atoms with Crippen LogP contribution in [0.5, 0.6) is 0 Å². The lowest BCUT2D eigenvalue weighted by Crippen LogP contribution is -2.39. The summed E-state index contributed by atoms with van der Waals surface area (Å²) in [6, 6.07) is 16.9. The largest absolute Gasteiger partial charge is 0.450 e. The molecular weight excluding hydrogens is 302 g/mol. The summed E-state index contributed by atoms with van der Waals surface area (Å²) in [6.07, 6.45) is 1.06. The molecule has 1 aliphatic rings. The van der Waals surface area contributed by atoms with Gasteiger partial charge < -0.3 is 10.1 Å². The van der Waals surface area contributed by atoms with E-state index in [1.807, 2.05) is 54.6 Å². The van der Waals surface area contributed by atoms with Gasteiger partial charge in [0.2, 0.25) is 0 Å². The average Bonchev–Trinajstić information content (AvgIpc) is 2.62. The predicted octanol–water partition coefficient (Wildman–Crippen LogP) is 3.92. The minimum atomic E-state index is -0.488. The van der Waals surface area contributed by atoms with E-state index >= 15 is 0 Å². The van der Waals surface area contributed by atoms with Crippen LogP contribution in [0.25, 0.3) is 0 Å². The standard InChI is InChI=1S/C20H21NO3/c1-2-24-20(23)21-18(15-9-4-3-5-10-15)17-13-12-14-8-6-7-11-16(14)19(17)22/h3-11,17-18H,2,12-13H2,1H3,(H,21,23). The van der Waals surface area contributed by atoms with Crippen molar-refractivity contribution in [2.45, 2.75) is 25.8 Å². The number of nitrogens with one attached hydrogen (secondary N) is 1. The van der Waals surface area contributed by atoms with Crippen LogP contribution in [0.15, 0.2) is 54.6 Å². The monoisotopic (exact) mass is 323 g/mol. The van der Waals surface area contributed by atoms with Gasteiger partial charge in [0.1, 0.15) is 0 Å². The number of benzene rings is 2. The highest BCUT2D eigenvalue weighted by molar-refractivity contribution is 6.00. The zero-order valence-electron chi connectivity index (χ0n) is 13.7. The Bertz CT molecular complexity index is 727. The van der Waals surface area contributed by atoms with Crippen LogP contribution in [0.1, 0.15) is 40.9 Å². The lowest BCUT2D eigenvalue weighted by atomic mass is 9.77. The van der Waals surface area contributed by atoms with Crippen LogP contribution in [0.2, 0.25) is 0 Å². The molecule has 1 amide bonds. The molecule has 0 fully saturated rings. The van der Waals surface area contributed by atoms with Crippen molar-refractivity contribution in [3.8, 4) is 0 Å². The highest BCUT2D eigenvalue weighted by atomic mass is 16.5. The number of rotatable bonds is 4. The van der Waals surface area contributed by atoms with Crippen molar-refractivity contribution in [3.63, 3.8) is 0 Å². The van der Waals surface area contributed by atoms with E-state index < -0.39 is 6.09 Å². The number of ketones is 1. The summed E-state index contributed by atoms with van der Waals surface area (Å²) in [7, 11) is 0. The third-order valence-electron chi connectivity index (χ3n) is 4.45. The second-order valence-corrected chi connectivity index (χ2v) is 5.92. The number of hydrogen-bond acceptors (Lipinski definition) is 3. The molecule has 0 spiro atoms. The third kappa shape index (κ3) is 3.32. The lowest BCUT2D eigenvalue weighted by molar-refractivity contribution is 0.0859. The molecule has 124 valence electrons. The fraction of sp³-hybridized carbons (Fsp3) is 0.300. The molecule has 0 radical (unpaired) electrons. The van der Waals surface area contributed by atoms with E-state index in [1.54, 1.807) is 6.92 Å². The van der Waals surface area contributed by atoms with Gasteiger partial charge in [-0.15, -0.1) is 0 Å². The molecule has 0 bridgehead atoms. The Hall–Kier alpha value is -2.62. The lowest BCUT2D eigenvalue weighted by Gasteiger charge is -2.31. The minimum absolute atomic E-state index is 0.0856. The van der Waals surface area contributed by atoms with Crippen molar-refractivity contribution in [1.82, 2.24) is 5.32 Å². The first kappa shape index (κ1) is 16.2. The van der Waals surface area contributed by atoms with Gasteiger partial charge in [-0.25, -0.2) is 4.79 Å². The zero-order valence-corrected chi connectivity index (χ0v) is 13.7. The van der Waals surface area contributed by atoms with Gasteiger partial charge >= 0.3 is 6.09 Å². The van der Waals surface area contributed by atoms with Gasteiger partial charge in [-0.05, 0) is 30.9 Å². The highest BCUT2D eigenvalue weighted by Crippen LogP contribution is 2.34. The van der Waals surface area contributed by atoms with Crippen LogP contribution in [0.4, 0.5) is 4.79 Å². The normalized spacial score (nSPS) is 17.7. The van der Waals surface area contributed by atoms with Gasteiger partial charge in [0.25, 0.3) is 0 Å². The molecule has 0 aliphatic heterocycles. The first-order chi connectivity index (χ1) is 11.7. The van der Waals surface area contributed by atoms with Crippen molar-refractivity contribution in [2.75, 3.05) is 6.61 Å². The molecule has 2 atom stereocenters. The fourth-order valence-electron chi connectivity index (χ4n) is 3.31. The molecule has 4 heteroatoms. The number of alkyl carbamates (subject to hydrolysis) is 1. The maximum absolute atomic E-state index is 13.0. The SMILES string of the molecule is CCOC(=O)NC(c1ccccc1)C1CCc2ccccc2C1=O. The molecule has 0 aromatic heterocycles. The molecule has 2 aromatic carbocycles. The van der Waals surface area contributed by atoms with Crippen molar-refractivity contribution < 1.29 is 14.3 Å². The second-order valence-electron chi connectivity index (χ2n) is 5.92. The number of fused-ring (bicyclic) bond motifs is 1. The molecule has 24 heavy (non-hydrogen) atoms. The number of carbonyl (C=O) groups is 2. The van der Waals surface area contributed by atoms with E-state index in [1.165, 1.54) is 0 Å². The van der Waals surface area contributed by atoms with Crippen LogP contribution < -0.4 is 5.32 Å². The van der Waals surface area contributed by atoms with Crippen molar-refractivity contribution in [1.29, 1.82) is 0 Å². The highest BCUT2D eigenvalue weighted by Gasteiger charge is 2.35. The molecular formula is C20H21NO3. The van der Waals surface area contributed by atoms with Crippen LogP contribution >= 0.6 is 0 Å². The van der Waals surface area contributed by atoms with Crippen molar-refractivity contribution in [2.24, 2.45) is 5.92 Å². The Morgan fingerprint density at radius 1 is 1.17 bits per heavy atom. The van der Waals surface area contributed by atoms with E-state index in [0.717, 1.165) is 23.1 Å². The van der Waals surface area contributed by atoms with Gasteiger partial charge in [-0.3, -0.25) is 4.79 Å². The first-order valence-corrected chi connectivity index (χ1v) is 8.31. The van der Waals surface area contributed by atoms with E-state index in [2.05, 4.69) is 5.32 Å². The minimum Gasteiger partial charge on any atom is -0.450 e. The van der Waals surface area contributed by atoms with E-state index in [0.29, 0.717) is 13.0 Å². The summed E-state index contributed by atoms with van der Waals surface area (Å²) in [5, 5.41) is 2.88. The van der Waals surface area contributed by atoms with Crippen molar-refractivity contribution in [3.05, 3.63) is 71.3 Å². The van der Waals surface area contributed by atoms with E-state index in [4.69, 9.17) is 4.74 Å². The van der Waals surface area contributed by atoms with Crippen molar-refractivity contribution >= 4 is 11.9 Å². The maximum atomic E-state index is 13.0. The Labute approximate surface area is 141 Å². The number of carbonyl (C=O) groups excluding carboxylic acids is 2. The molecule has 0 heterocycles. The summed E-state index contributed by atoms with van der Waals surface area (Å²) < 4.78 is 5.03. The van der Waals surface area contributed by atoms with Crippen LogP contribution in [-0.2, 0) is 11.2 Å². The number of hydrogen-bond donors (Lipinski definition) is 1. The summed E-state index contributed by atoms with van der Waals surface area (Å²) >= 11 is 0. The number of amides is 1. The maximum Gasteiger partial charge on any atom is 0.407 e. The molecule has 1 aliphatic carbocycles. The van der Waals surface area contributed by atoms with Crippen LogP contribution in [0.3, 0.4) is 0 Å². The second kappa shape index (κ2) is 7.30. The molecule has 0 saturated carbocycles. The van der Waals surface area contributed by atoms with Gasteiger partial charge in [0.15, 0.2) is 5.78 Å². The molecule has 0 saturated heterocycles. The molecule has 3 rings (SSSR count). The van der Waals surface area contributed by atoms with Gasteiger partial charge in [-0.1, -0.05) is 54.6 Å². The Balaban J connectivity index is 1.91. The average molecular weight is 323 g/mol. The Kier molecular flexibility index (Phi) is 4.94.